The van der Waals surface area contributed by atoms with Crippen molar-refractivity contribution in [3.63, 3.8) is 0 Å². The summed E-state index contributed by atoms with van der Waals surface area (Å²) in [7, 11) is 1.86. The zero-order valence-electron chi connectivity index (χ0n) is 11.7. The Hall–Kier alpha value is -1.79. The van der Waals surface area contributed by atoms with Crippen molar-refractivity contribution in [2.75, 3.05) is 0 Å². The van der Waals surface area contributed by atoms with Gasteiger partial charge in [0.15, 0.2) is 0 Å². The Balaban J connectivity index is 2.33. The fraction of sp³-hybridized carbons (Fsp3) is 0.357. The number of hydrogen-bond donors (Lipinski definition) is 2. The summed E-state index contributed by atoms with van der Waals surface area (Å²) in [6.07, 6.45) is 0.519. The lowest BCUT2D eigenvalue weighted by molar-refractivity contribution is 0.528. The molecule has 0 amide bonds. The molecule has 0 fully saturated rings. The summed E-state index contributed by atoms with van der Waals surface area (Å²) in [4.78, 5) is 0. The second kappa shape index (κ2) is 5.68. The van der Waals surface area contributed by atoms with Gasteiger partial charge in [-0.3, -0.25) is 16.0 Å². The number of aryl methyl sites for hydroxylation is 2. The molecule has 0 saturated heterocycles. The van der Waals surface area contributed by atoms with Crippen molar-refractivity contribution in [2.45, 2.75) is 26.3 Å². The van der Waals surface area contributed by atoms with E-state index in [9.17, 15) is 8.78 Å². The van der Waals surface area contributed by atoms with E-state index in [1.54, 1.807) is 4.68 Å². The van der Waals surface area contributed by atoms with Crippen LogP contribution >= 0.6 is 0 Å². The average molecular weight is 280 g/mol. The molecular weight excluding hydrogens is 262 g/mol. The Morgan fingerprint density at radius 1 is 1.25 bits per heavy atom. The number of aromatic nitrogens is 2. The molecule has 1 aromatic heterocycles. The number of benzene rings is 1. The molecule has 1 atom stereocenters. The van der Waals surface area contributed by atoms with E-state index in [0.717, 1.165) is 23.0 Å². The van der Waals surface area contributed by atoms with E-state index in [-0.39, 0.29) is 6.04 Å². The van der Waals surface area contributed by atoms with Gasteiger partial charge in [0.05, 0.1) is 11.7 Å². The Morgan fingerprint density at radius 3 is 2.30 bits per heavy atom. The standard InChI is InChI=1S/C14H18F2N4/c1-8-13(9(2)20(3)19-8)7-14(18-17)10-4-11(15)6-12(16)5-10/h4-6,14,18H,7,17H2,1-3H3. The molecular formula is C14H18F2N4. The van der Waals surface area contributed by atoms with Gasteiger partial charge in [-0.25, -0.2) is 8.78 Å². The zero-order chi connectivity index (χ0) is 14.9. The molecule has 0 aliphatic carbocycles. The van der Waals surface area contributed by atoms with Gasteiger partial charge >= 0.3 is 0 Å². The third kappa shape index (κ3) is 2.86. The molecule has 1 heterocycles. The van der Waals surface area contributed by atoms with Crippen LogP contribution in [0.5, 0.6) is 0 Å². The Kier molecular flexibility index (Phi) is 4.15. The van der Waals surface area contributed by atoms with Gasteiger partial charge in [0.1, 0.15) is 11.6 Å². The number of halogens is 2. The maximum absolute atomic E-state index is 13.3. The summed E-state index contributed by atoms with van der Waals surface area (Å²) in [6.45, 7) is 3.86. The lowest BCUT2D eigenvalue weighted by Crippen LogP contribution is -2.30. The van der Waals surface area contributed by atoms with Gasteiger partial charge in [-0.15, -0.1) is 0 Å². The minimum atomic E-state index is -0.611. The van der Waals surface area contributed by atoms with Crippen molar-refractivity contribution in [2.24, 2.45) is 12.9 Å². The Labute approximate surface area is 116 Å². The highest BCUT2D eigenvalue weighted by molar-refractivity contribution is 5.29. The predicted molar refractivity (Wildman–Crippen MR) is 72.8 cm³/mol. The summed E-state index contributed by atoms with van der Waals surface area (Å²) >= 11 is 0. The number of nitrogens with one attached hydrogen (secondary N) is 1. The minimum Gasteiger partial charge on any atom is -0.272 e. The molecule has 3 N–H and O–H groups in total. The third-order valence-corrected chi connectivity index (χ3v) is 3.56. The van der Waals surface area contributed by atoms with Gasteiger partial charge in [0.2, 0.25) is 0 Å². The van der Waals surface area contributed by atoms with E-state index >= 15 is 0 Å². The number of hydrogen-bond acceptors (Lipinski definition) is 3. The lowest BCUT2D eigenvalue weighted by Gasteiger charge is -2.17. The monoisotopic (exact) mass is 280 g/mol. The molecule has 0 aliphatic heterocycles. The SMILES string of the molecule is Cc1nn(C)c(C)c1CC(NN)c1cc(F)cc(F)c1. The van der Waals surface area contributed by atoms with Crippen LogP contribution in [0, 0.1) is 25.5 Å². The Bertz CT molecular complexity index is 602. The summed E-state index contributed by atoms with van der Waals surface area (Å²) in [5.41, 5.74) is 6.03. The van der Waals surface area contributed by atoms with Gasteiger partial charge in [0.25, 0.3) is 0 Å². The summed E-state index contributed by atoms with van der Waals surface area (Å²) in [6, 6.07) is 3.04. The largest absolute Gasteiger partial charge is 0.272 e. The number of rotatable bonds is 4. The molecule has 1 unspecified atom stereocenters. The van der Waals surface area contributed by atoms with Crippen LogP contribution in [0.15, 0.2) is 18.2 Å². The van der Waals surface area contributed by atoms with Crippen molar-refractivity contribution in [3.8, 4) is 0 Å². The van der Waals surface area contributed by atoms with E-state index in [2.05, 4.69) is 10.5 Å². The number of nitrogens with zero attached hydrogens (tertiary/aromatic N) is 2. The van der Waals surface area contributed by atoms with E-state index in [0.29, 0.717) is 12.0 Å². The second-order valence-corrected chi connectivity index (χ2v) is 4.90. The maximum Gasteiger partial charge on any atom is 0.126 e. The van der Waals surface area contributed by atoms with Crippen molar-refractivity contribution in [1.29, 1.82) is 0 Å². The van der Waals surface area contributed by atoms with Crippen molar-refractivity contribution >= 4 is 0 Å². The lowest BCUT2D eigenvalue weighted by atomic mass is 9.98. The van der Waals surface area contributed by atoms with E-state index in [4.69, 9.17) is 5.84 Å². The van der Waals surface area contributed by atoms with Crippen LogP contribution in [0.4, 0.5) is 8.78 Å². The minimum absolute atomic E-state index is 0.373. The number of hydrazine groups is 1. The fourth-order valence-corrected chi connectivity index (χ4v) is 2.37. The van der Waals surface area contributed by atoms with E-state index in [1.807, 2.05) is 20.9 Å². The molecule has 0 aliphatic rings. The fourth-order valence-electron chi connectivity index (χ4n) is 2.37. The van der Waals surface area contributed by atoms with Gasteiger partial charge in [-0.05, 0) is 43.5 Å². The molecule has 2 aromatic rings. The smallest absolute Gasteiger partial charge is 0.126 e. The predicted octanol–water partition coefficient (Wildman–Crippen LogP) is 2.06. The molecule has 20 heavy (non-hydrogen) atoms. The van der Waals surface area contributed by atoms with Gasteiger partial charge in [-0.2, -0.15) is 5.10 Å². The van der Waals surface area contributed by atoms with Crippen LogP contribution < -0.4 is 11.3 Å². The first-order valence-electron chi connectivity index (χ1n) is 6.33. The molecule has 2 rings (SSSR count). The average Bonchev–Trinajstić information content (AvgIpc) is 2.60. The van der Waals surface area contributed by atoms with Crippen molar-refractivity contribution in [3.05, 3.63) is 52.3 Å². The first kappa shape index (κ1) is 14.6. The zero-order valence-corrected chi connectivity index (χ0v) is 11.7. The van der Waals surface area contributed by atoms with Crippen molar-refractivity contribution < 1.29 is 8.78 Å². The highest BCUT2D eigenvalue weighted by atomic mass is 19.1. The van der Waals surface area contributed by atoms with E-state index in [1.165, 1.54) is 12.1 Å². The molecule has 6 heteroatoms. The van der Waals surface area contributed by atoms with E-state index < -0.39 is 11.6 Å². The van der Waals surface area contributed by atoms with Crippen LogP contribution in [0.25, 0.3) is 0 Å². The molecule has 0 saturated carbocycles. The topological polar surface area (TPSA) is 55.9 Å². The van der Waals surface area contributed by atoms with Gasteiger partial charge in [-0.1, -0.05) is 0 Å². The Morgan fingerprint density at radius 2 is 1.85 bits per heavy atom. The molecule has 0 spiro atoms. The molecule has 4 nitrogen and oxygen atoms in total. The van der Waals surface area contributed by atoms with Crippen LogP contribution in [-0.2, 0) is 13.5 Å². The highest BCUT2D eigenvalue weighted by Gasteiger charge is 2.18. The molecule has 108 valence electrons. The van der Waals surface area contributed by atoms with Crippen molar-refractivity contribution in [1.82, 2.24) is 15.2 Å². The maximum atomic E-state index is 13.3. The summed E-state index contributed by atoms with van der Waals surface area (Å²) in [5.74, 6) is 4.32. The number of nitrogens with two attached hydrogens (primary N) is 1. The van der Waals surface area contributed by atoms with Crippen LogP contribution in [0.1, 0.15) is 28.6 Å². The second-order valence-electron chi connectivity index (χ2n) is 4.90. The van der Waals surface area contributed by atoms with Gasteiger partial charge < -0.3 is 0 Å². The summed E-state index contributed by atoms with van der Waals surface area (Å²) < 4.78 is 28.4. The first-order chi connectivity index (χ1) is 9.42. The van der Waals surface area contributed by atoms with Crippen LogP contribution in [0.2, 0.25) is 0 Å². The first-order valence-corrected chi connectivity index (χ1v) is 6.33. The van der Waals surface area contributed by atoms with Crippen LogP contribution in [0.3, 0.4) is 0 Å². The molecule has 0 bridgehead atoms. The molecule has 1 aromatic carbocycles. The van der Waals surface area contributed by atoms with Crippen LogP contribution in [-0.4, -0.2) is 9.78 Å². The normalized spacial score (nSPS) is 12.7. The molecule has 0 radical (unpaired) electrons. The highest BCUT2D eigenvalue weighted by Crippen LogP contribution is 2.23. The third-order valence-electron chi connectivity index (χ3n) is 3.56. The quantitative estimate of drug-likeness (QED) is 0.666. The summed E-state index contributed by atoms with van der Waals surface area (Å²) in [5, 5.41) is 4.33. The van der Waals surface area contributed by atoms with Gasteiger partial charge in [0, 0.05) is 18.8 Å².